The Morgan fingerprint density at radius 1 is 1.40 bits per heavy atom. The molecule has 20 heavy (non-hydrogen) atoms. The third kappa shape index (κ3) is 2.36. The van der Waals surface area contributed by atoms with Crippen LogP contribution in [0, 0.1) is 6.92 Å². The Hall–Kier alpha value is -1.66. The third-order valence-electron chi connectivity index (χ3n) is 3.44. The fraction of sp³-hybridized carbons (Fsp3) is 0.429. The van der Waals surface area contributed by atoms with Crippen molar-refractivity contribution >= 4 is 33.1 Å². The second-order valence-electron chi connectivity index (χ2n) is 4.91. The van der Waals surface area contributed by atoms with Gasteiger partial charge in [0, 0.05) is 30.8 Å². The van der Waals surface area contributed by atoms with Gasteiger partial charge in [0.15, 0.2) is 0 Å². The van der Waals surface area contributed by atoms with Crippen LogP contribution in [-0.2, 0) is 4.74 Å². The molecule has 0 atom stereocenters. The Kier molecular flexibility index (Phi) is 3.58. The van der Waals surface area contributed by atoms with Crippen LogP contribution in [0.25, 0.3) is 10.2 Å². The van der Waals surface area contributed by atoms with Crippen molar-refractivity contribution in [2.24, 2.45) is 0 Å². The standard InChI is InChI=1S/C14H17N3O2S/c1-9-3-4-10-11(15)12(20-13(10)16-9)14(18)17-5-2-7-19-8-6-17/h3-4H,2,5-8,15H2,1H3. The largest absolute Gasteiger partial charge is 0.397 e. The highest BCUT2D eigenvalue weighted by atomic mass is 32.1. The van der Waals surface area contributed by atoms with E-state index >= 15 is 0 Å². The summed E-state index contributed by atoms with van der Waals surface area (Å²) >= 11 is 1.38. The minimum absolute atomic E-state index is 0.00588. The van der Waals surface area contributed by atoms with Crippen LogP contribution in [-0.4, -0.2) is 42.1 Å². The Morgan fingerprint density at radius 3 is 3.10 bits per heavy atom. The summed E-state index contributed by atoms with van der Waals surface area (Å²) in [6.07, 6.45) is 0.869. The summed E-state index contributed by atoms with van der Waals surface area (Å²) in [4.78, 5) is 20.3. The van der Waals surface area contributed by atoms with E-state index in [4.69, 9.17) is 10.5 Å². The molecule has 5 nitrogen and oxygen atoms in total. The molecule has 0 aromatic carbocycles. The fourth-order valence-corrected chi connectivity index (χ4v) is 3.45. The lowest BCUT2D eigenvalue weighted by atomic mass is 10.2. The number of thiophene rings is 1. The van der Waals surface area contributed by atoms with Gasteiger partial charge in [-0.1, -0.05) is 0 Å². The van der Waals surface area contributed by atoms with Gasteiger partial charge in [-0.15, -0.1) is 11.3 Å². The number of pyridine rings is 1. The molecule has 3 heterocycles. The Balaban J connectivity index is 1.96. The average molecular weight is 291 g/mol. The van der Waals surface area contributed by atoms with Crippen LogP contribution in [0.5, 0.6) is 0 Å². The maximum atomic E-state index is 12.6. The van der Waals surface area contributed by atoms with E-state index in [0.717, 1.165) is 28.9 Å². The lowest BCUT2D eigenvalue weighted by Crippen LogP contribution is -2.33. The number of nitrogens with zero attached hydrogens (tertiary/aromatic N) is 2. The van der Waals surface area contributed by atoms with Gasteiger partial charge in [-0.25, -0.2) is 4.98 Å². The summed E-state index contributed by atoms with van der Waals surface area (Å²) in [6.45, 7) is 4.58. The van der Waals surface area contributed by atoms with E-state index in [9.17, 15) is 4.79 Å². The maximum absolute atomic E-state index is 12.6. The van der Waals surface area contributed by atoms with Crippen molar-refractivity contribution in [2.75, 3.05) is 32.0 Å². The smallest absolute Gasteiger partial charge is 0.266 e. The van der Waals surface area contributed by atoms with Crippen molar-refractivity contribution < 1.29 is 9.53 Å². The number of amides is 1. The highest BCUT2D eigenvalue weighted by Gasteiger charge is 2.23. The number of rotatable bonds is 1. The summed E-state index contributed by atoms with van der Waals surface area (Å²) in [5, 5.41) is 0.870. The van der Waals surface area contributed by atoms with Crippen LogP contribution in [0.4, 0.5) is 5.69 Å². The summed E-state index contributed by atoms with van der Waals surface area (Å²) in [5.74, 6) is -0.00588. The van der Waals surface area contributed by atoms with Gasteiger partial charge < -0.3 is 15.4 Å². The maximum Gasteiger partial charge on any atom is 0.266 e. The topological polar surface area (TPSA) is 68.5 Å². The molecule has 2 aromatic rings. The molecule has 2 aromatic heterocycles. The van der Waals surface area contributed by atoms with Gasteiger partial charge in [-0.3, -0.25) is 4.79 Å². The number of anilines is 1. The number of nitrogen functional groups attached to an aromatic ring is 1. The number of aryl methyl sites for hydroxylation is 1. The van der Waals surface area contributed by atoms with E-state index in [1.54, 1.807) is 0 Å². The number of ether oxygens (including phenoxy) is 1. The van der Waals surface area contributed by atoms with Crippen LogP contribution in [0.3, 0.4) is 0 Å². The minimum atomic E-state index is -0.00588. The molecule has 6 heteroatoms. The van der Waals surface area contributed by atoms with Crippen molar-refractivity contribution in [3.63, 3.8) is 0 Å². The molecular weight excluding hydrogens is 274 g/mol. The molecule has 1 amide bonds. The van der Waals surface area contributed by atoms with Crippen molar-refractivity contribution in [2.45, 2.75) is 13.3 Å². The first-order chi connectivity index (χ1) is 9.66. The molecule has 0 bridgehead atoms. The predicted octanol–water partition coefficient (Wildman–Crippen LogP) is 2.05. The van der Waals surface area contributed by atoms with Crippen LogP contribution < -0.4 is 5.73 Å². The quantitative estimate of drug-likeness (QED) is 0.873. The van der Waals surface area contributed by atoms with Crippen LogP contribution in [0.1, 0.15) is 21.8 Å². The molecule has 1 saturated heterocycles. The van der Waals surface area contributed by atoms with E-state index in [-0.39, 0.29) is 5.91 Å². The van der Waals surface area contributed by atoms with E-state index in [2.05, 4.69) is 4.98 Å². The number of carbonyl (C=O) groups is 1. The number of aromatic nitrogens is 1. The van der Waals surface area contributed by atoms with Crippen molar-refractivity contribution in [3.05, 3.63) is 22.7 Å². The molecule has 3 rings (SSSR count). The Morgan fingerprint density at radius 2 is 2.25 bits per heavy atom. The second kappa shape index (κ2) is 5.38. The summed E-state index contributed by atoms with van der Waals surface area (Å²) in [5.41, 5.74) is 7.61. The lowest BCUT2D eigenvalue weighted by molar-refractivity contribution is 0.0747. The van der Waals surface area contributed by atoms with E-state index in [1.807, 2.05) is 24.0 Å². The summed E-state index contributed by atoms with van der Waals surface area (Å²) in [7, 11) is 0. The first-order valence-electron chi connectivity index (χ1n) is 6.69. The zero-order valence-corrected chi connectivity index (χ0v) is 12.2. The third-order valence-corrected chi connectivity index (χ3v) is 4.54. The number of hydrogen-bond acceptors (Lipinski definition) is 5. The molecular formula is C14H17N3O2S. The second-order valence-corrected chi connectivity index (χ2v) is 5.91. The van der Waals surface area contributed by atoms with Gasteiger partial charge in [0.1, 0.15) is 9.71 Å². The lowest BCUT2D eigenvalue weighted by Gasteiger charge is -2.18. The van der Waals surface area contributed by atoms with Crippen LogP contribution in [0.15, 0.2) is 12.1 Å². The number of nitrogens with two attached hydrogens (primary N) is 1. The fourth-order valence-electron chi connectivity index (χ4n) is 2.34. The molecule has 2 N–H and O–H groups in total. The zero-order valence-electron chi connectivity index (χ0n) is 11.4. The molecule has 0 radical (unpaired) electrons. The van der Waals surface area contributed by atoms with Crippen LogP contribution >= 0.6 is 11.3 Å². The predicted molar refractivity (Wildman–Crippen MR) is 80.1 cm³/mol. The van der Waals surface area contributed by atoms with Crippen molar-refractivity contribution in [1.29, 1.82) is 0 Å². The molecule has 1 fully saturated rings. The van der Waals surface area contributed by atoms with E-state index in [1.165, 1.54) is 11.3 Å². The highest BCUT2D eigenvalue weighted by molar-refractivity contribution is 7.21. The molecule has 0 spiro atoms. The molecule has 0 unspecified atom stereocenters. The average Bonchev–Trinajstić information content (AvgIpc) is 2.65. The minimum Gasteiger partial charge on any atom is -0.397 e. The Labute approximate surface area is 121 Å². The Bertz CT molecular complexity index is 645. The van der Waals surface area contributed by atoms with E-state index < -0.39 is 0 Å². The van der Waals surface area contributed by atoms with Gasteiger partial charge in [0.2, 0.25) is 0 Å². The number of fused-ring (bicyclic) bond motifs is 1. The van der Waals surface area contributed by atoms with E-state index in [0.29, 0.717) is 30.3 Å². The number of hydrogen-bond donors (Lipinski definition) is 1. The van der Waals surface area contributed by atoms with Gasteiger partial charge in [0.05, 0.1) is 12.3 Å². The van der Waals surface area contributed by atoms with Crippen LogP contribution in [0.2, 0.25) is 0 Å². The monoisotopic (exact) mass is 291 g/mol. The highest BCUT2D eigenvalue weighted by Crippen LogP contribution is 2.33. The van der Waals surface area contributed by atoms with Gasteiger partial charge in [-0.05, 0) is 25.5 Å². The van der Waals surface area contributed by atoms with Crippen molar-refractivity contribution in [1.82, 2.24) is 9.88 Å². The van der Waals surface area contributed by atoms with Crippen molar-refractivity contribution in [3.8, 4) is 0 Å². The zero-order chi connectivity index (χ0) is 14.1. The van der Waals surface area contributed by atoms with Gasteiger partial charge >= 0.3 is 0 Å². The summed E-state index contributed by atoms with van der Waals surface area (Å²) in [6, 6.07) is 3.85. The molecule has 1 aliphatic heterocycles. The molecule has 1 aliphatic rings. The molecule has 0 saturated carbocycles. The van der Waals surface area contributed by atoms with Gasteiger partial charge in [-0.2, -0.15) is 0 Å². The summed E-state index contributed by atoms with van der Waals surface area (Å²) < 4.78 is 5.38. The molecule has 0 aliphatic carbocycles. The normalized spacial score (nSPS) is 16.4. The SMILES string of the molecule is Cc1ccc2c(N)c(C(=O)N3CCCOCC3)sc2n1. The van der Waals surface area contributed by atoms with Gasteiger partial charge in [0.25, 0.3) is 5.91 Å². The first-order valence-corrected chi connectivity index (χ1v) is 7.51. The molecule has 106 valence electrons. The number of carbonyl (C=O) groups excluding carboxylic acids is 1. The first kappa shape index (κ1) is 13.3.